The van der Waals surface area contributed by atoms with Crippen molar-refractivity contribution in [2.45, 2.75) is 0 Å². The molecule has 0 saturated carbocycles. The van der Waals surface area contributed by atoms with E-state index >= 15 is 0 Å². The lowest BCUT2D eigenvalue weighted by Crippen LogP contribution is -2.49. The Hall–Kier alpha value is -4.36. The first-order chi connectivity index (χ1) is 18.6. The summed E-state index contributed by atoms with van der Waals surface area (Å²) < 4.78 is 7.30. The maximum Gasteiger partial charge on any atom is 0.257 e. The number of carbonyl (C=O) groups is 1. The maximum absolute atomic E-state index is 13.9. The minimum Gasteiger partial charge on any atom is -0.495 e. The van der Waals surface area contributed by atoms with E-state index in [9.17, 15) is 4.79 Å². The lowest BCUT2D eigenvalue weighted by atomic mass is 10.1. The van der Waals surface area contributed by atoms with Crippen LogP contribution in [0.25, 0.3) is 28.2 Å². The zero-order chi connectivity index (χ0) is 26.1. The number of methoxy groups -OCH3 is 1. The fourth-order valence-electron chi connectivity index (χ4n) is 4.98. The molecule has 3 aromatic carbocycles. The van der Waals surface area contributed by atoms with Crippen molar-refractivity contribution in [3.05, 3.63) is 102 Å². The van der Waals surface area contributed by atoms with Gasteiger partial charge < -0.3 is 14.5 Å². The van der Waals surface area contributed by atoms with Crippen molar-refractivity contribution in [3.8, 4) is 28.3 Å². The molecule has 3 heterocycles. The van der Waals surface area contributed by atoms with Crippen LogP contribution in [0.3, 0.4) is 0 Å². The quantitative estimate of drug-likeness (QED) is 0.296. The number of anilines is 1. The molecule has 2 aromatic heterocycles. The number of ether oxygens (including phenoxy) is 1. The van der Waals surface area contributed by atoms with Crippen LogP contribution in [-0.4, -0.2) is 58.7 Å². The Balaban J connectivity index is 1.36. The molecule has 0 aliphatic carbocycles. The predicted molar refractivity (Wildman–Crippen MR) is 150 cm³/mol. The van der Waals surface area contributed by atoms with E-state index in [0.29, 0.717) is 53.8 Å². The number of benzene rings is 3. The van der Waals surface area contributed by atoms with Crippen molar-refractivity contribution in [2.75, 3.05) is 38.2 Å². The number of amides is 1. The van der Waals surface area contributed by atoms with Gasteiger partial charge in [-0.2, -0.15) is 5.10 Å². The number of rotatable bonds is 5. The zero-order valence-corrected chi connectivity index (χ0v) is 21.7. The van der Waals surface area contributed by atoms with Gasteiger partial charge in [-0.25, -0.2) is 9.50 Å². The minimum atomic E-state index is -0.0623. The number of fused-ring (bicyclic) bond motifs is 1. The molecule has 0 radical (unpaired) electrons. The highest BCUT2D eigenvalue weighted by Crippen LogP contribution is 2.32. The highest BCUT2D eigenvalue weighted by atomic mass is 35.5. The van der Waals surface area contributed by atoms with Gasteiger partial charge >= 0.3 is 0 Å². The van der Waals surface area contributed by atoms with Crippen LogP contribution in [0.15, 0.2) is 91.1 Å². The normalized spacial score (nSPS) is 13.6. The Kier molecular flexibility index (Phi) is 6.43. The van der Waals surface area contributed by atoms with Gasteiger partial charge in [0.15, 0.2) is 5.65 Å². The van der Waals surface area contributed by atoms with Gasteiger partial charge in [-0.15, -0.1) is 0 Å². The second-order valence-corrected chi connectivity index (χ2v) is 9.52. The third kappa shape index (κ3) is 4.35. The molecule has 5 aromatic rings. The second-order valence-electron chi connectivity index (χ2n) is 9.12. The smallest absolute Gasteiger partial charge is 0.257 e. The average molecular weight is 524 g/mol. The standard InChI is InChI=1S/C30H26ClN5O2/c1-38-27-14-8-7-13-26(27)34-15-17-35(18-16-34)30(37)23-20-32-28-19-25(22-11-5-6-12-24(22)31)33-36(28)29(23)21-9-3-2-4-10-21/h2-14,19-20H,15-18H2,1H3. The number of carbonyl (C=O) groups excluding carboxylic acids is 1. The van der Waals surface area contributed by atoms with Gasteiger partial charge in [-0.05, 0) is 18.2 Å². The van der Waals surface area contributed by atoms with Gasteiger partial charge in [0.2, 0.25) is 0 Å². The minimum absolute atomic E-state index is 0.0623. The molecule has 1 fully saturated rings. The van der Waals surface area contributed by atoms with Crippen LogP contribution in [-0.2, 0) is 0 Å². The Morgan fingerprint density at radius 2 is 1.61 bits per heavy atom. The van der Waals surface area contributed by atoms with Crippen LogP contribution in [0.5, 0.6) is 5.75 Å². The second kappa shape index (κ2) is 10.2. The molecule has 6 rings (SSSR count). The Labute approximate surface area is 225 Å². The average Bonchev–Trinajstić information content (AvgIpc) is 3.41. The summed E-state index contributed by atoms with van der Waals surface area (Å²) in [6.07, 6.45) is 1.67. The first kappa shape index (κ1) is 24.0. The fourth-order valence-corrected chi connectivity index (χ4v) is 5.21. The molecular formula is C30H26ClN5O2. The molecule has 0 atom stereocenters. The number of hydrogen-bond acceptors (Lipinski definition) is 5. The monoisotopic (exact) mass is 523 g/mol. The number of piperazine rings is 1. The lowest BCUT2D eigenvalue weighted by molar-refractivity contribution is 0.0746. The Bertz CT molecular complexity index is 1610. The number of para-hydroxylation sites is 2. The van der Waals surface area contributed by atoms with Crippen molar-refractivity contribution >= 4 is 28.8 Å². The van der Waals surface area contributed by atoms with Gasteiger partial charge in [-0.1, -0.05) is 72.3 Å². The van der Waals surface area contributed by atoms with Crippen LogP contribution < -0.4 is 9.64 Å². The molecule has 7 nitrogen and oxygen atoms in total. The number of halogens is 1. The van der Waals surface area contributed by atoms with Gasteiger partial charge in [-0.3, -0.25) is 4.79 Å². The molecular weight excluding hydrogens is 498 g/mol. The van der Waals surface area contributed by atoms with E-state index in [1.54, 1.807) is 17.8 Å². The predicted octanol–water partition coefficient (Wildman–Crippen LogP) is 5.69. The first-order valence-electron chi connectivity index (χ1n) is 12.5. The summed E-state index contributed by atoms with van der Waals surface area (Å²) in [5.74, 6) is 0.772. The van der Waals surface area contributed by atoms with Gasteiger partial charge in [0.1, 0.15) is 5.75 Å². The summed E-state index contributed by atoms with van der Waals surface area (Å²) in [7, 11) is 1.68. The highest BCUT2D eigenvalue weighted by Gasteiger charge is 2.27. The topological polar surface area (TPSA) is 63.0 Å². The molecule has 1 aliphatic heterocycles. The number of aromatic nitrogens is 3. The van der Waals surface area contributed by atoms with Gasteiger partial charge in [0.05, 0.1) is 34.8 Å². The van der Waals surface area contributed by atoms with Crippen LogP contribution in [0.2, 0.25) is 5.02 Å². The Morgan fingerprint density at radius 3 is 2.37 bits per heavy atom. The van der Waals surface area contributed by atoms with Gasteiger partial charge in [0, 0.05) is 49.6 Å². The van der Waals surface area contributed by atoms with Crippen molar-refractivity contribution < 1.29 is 9.53 Å². The molecule has 1 amide bonds. The molecule has 1 saturated heterocycles. The zero-order valence-electron chi connectivity index (χ0n) is 20.9. The highest BCUT2D eigenvalue weighted by molar-refractivity contribution is 6.33. The van der Waals surface area contributed by atoms with Gasteiger partial charge in [0.25, 0.3) is 5.91 Å². The summed E-state index contributed by atoms with van der Waals surface area (Å²) >= 11 is 6.46. The maximum atomic E-state index is 13.9. The number of hydrogen-bond donors (Lipinski definition) is 0. The van der Waals surface area contributed by atoms with E-state index in [2.05, 4.69) is 16.0 Å². The SMILES string of the molecule is COc1ccccc1N1CCN(C(=O)c2cnc3cc(-c4ccccc4Cl)nn3c2-c2ccccc2)CC1. The van der Waals surface area contributed by atoms with Crippen molar-refractivity contribution in [3.63, 3.8) is 0 Å². The molecule has 0 N–H and O–H groups in total. The molecule has 38 heavy (non-hydrogen) atoms. The van der Waals surface area contributed by atoms with E-state index in [1.165, 1.54) is 0 Å². The summed E-state index contributed by atoms with van der Waals surface area (Å²) in [6, 6.07) is 27.3. The third-order valence-electron chi connectivity index (χ3n) is 6.90. The molecule has 1 aliphatic rings. The largest absolute Gasteiger partial charge is 0.495 e. The van der Waals surface area contributed by atoms with Crippen molar-refractivity contribution in [2.24, 2.45) is 0 Å². The molecule has 0 spiro atoms. The first-order valence-corrected chi connectivity index (χ1v) is 12.9. The Morgan fingerprint density at radius 1 is 0.895 bits per heavy atom. The number of nitrogens with zero attached hydrogens (tertiary/aromatic N) is 5. The van der Waals surface area contributed by atoms with E-state index in [1.807, 2.05) is 83.8 Å². The fraction of sp³-hybridized carbons (Fsp3) is 0.167. The third-order valence-corrected chi connectivity index (χ3v) is 7.23. The molecule has 0 unspecified atom stereocenters. The van der Waals surface area contributed by atoms with Crippen LogP contribution in [0, 0.1) is 0 Å². The van der Waals surface area contributed by atoms with E-state index in [-0.39, 0.29) is 5.91 Å². The lowest BCUT2D eigenvalue weighted by Gasteiger charge is -2.36. The summed E-state index contributed by atoms with van der Waals surface area (Å²) in [4.78, 5) is 22.7. The molecule has 190 valence electrons. The van der Waals surface area contributed by atoms with E-state index < -0.39 is 0 Å². The summed E-state index contributed by atoms with van der Waals surface area (Å²) in [6.45, 7) is 2.60. The summed E-state index contributed by atoms with van der Waals surface area (Å²) in [5, 5.41) is 5.47. The molecule has 8 heteroatoms. The van der Waals surface area contributed by atoms with Crippen molar-refractivity contribution in [1.82, 2.24) is 19.5 Å². The van der Waals surface area contributed by atoms with Crippen LogP contribution >= 0.6 is 11.6 Å². The van der Waals surface area contributed by atoms with Crippen LogP contribution in [0.1, 0.15) is 10.4 Å². The van der Waals surface area contributed by atoms with Crippen LogP contribution in [0.4, 0.5) is 5.69 Å². The van der Waals surface area contributed by atoms with E-state index in [0.717, 1.165) is 22.6 Å². The van der Waals surface area contributed by atoms with E-state index in [4.69, 9.17) is 21.4 Å². The molecule has 0 bridgehead atoms. The van der Waals surface area contributed by atoms with Crippen molar-refractivity contribution in [1.29, 1.82) is 0 Å². The summed E-state index contributed by atoms with van der Waals surface area (Å²) in [5.41, 5.74) is 5.34.